The van der Waals surface area contributed by atoms with Crippen LogP contribution in [0.2, 0.25) is 0 Å². The minimum absolute atomic E-state index is 0.273. The second-order valence-electron chi connectivity index (χ2n) is 3.83. The Morgan fingerprint density at radius 1 is 1.33 bits per heavy atom. The maximum absolute atomic E-state index is 13.0. The van der Waals surface area contributed by atoms with Crippen LogP contribution in [0.5, 0.6) is 0 Å². The summed E-state index contributed by atoms with van der Waals surface area (Å²) in [5.41, 5.74) is 1.90. The molecule has 0 bridgehead atoms. The molecule has 0 spiro atoms. The number of aryl methyl sites for hydroxylation is 1. The van der Waals surface area contributed by atoms with E-state index in [9.17, 15) is 9.18 Å². The van der Waals surface area contributed by atoms with Crippen LogP contribution in [0.4, 0.5) is 10.1 Å². The molecule has 2 rings (SSSR count). The number of carbonyl (C=O) groups is 1. The Labute approximate surface area is 112 Å². The van der Waals surface area contributed by atoms with Crippen molar-refractivity contribution >= 4 is 27.5 Å². The summed E-state index contributed by atoms with van der Waals surface area (Å²) in [7, 11) is 0. The molecule has 0 atom stereocenters. The summed E-state index contributed by atoms with van der Waals surface area (Å²) in [6, 6.07) is 6.03. The highest BCUT2D eigenvalue weighted by Crippen LogP contribution is 2.20. The number of nitrogens with zero attached hydrogens (tertiary/aromatic N) is 1. The second-order valence-corrected chi connectivity index (χ2v) is 4.69. The molecule has 5 heteroatoms. The number of nitrogens with one attached hydrogen (secondary N) is 1. The number of carbonyl (C=O) groups excluding carboxylic acids is 1. The third-order valence-electron chi connectivity index (χ3n) is 2.31. The Morgan fingerprint density at radius 2 is 2.11 bits per heavy atom. The van der Waals surface area contributed by atoms with Gasteiger partial charge in [-0.1, -0.05) is 0 Å². The molecule has 1 heterocycles. The number of rotatable bonds is 2. The number of aromatic nitrogens is 1. The van der Waals surface area contributed by atoms with E-state index < -0.39 is 0 Å². The van der Waals surface area contributed by atoms with Gasteiger partial charge in [-0.3, -0.25) is 9.78 Å². The number of amides is 1. The molecule has 0 aliphatic rings. The normalized spacial score (nSPS) is 10.2. The van der Waals surface area contributed by atoms with E-state index in [2.05, 4.69) is 26.2 Å². The Bertz CT molecular complexity index is 601. The van der Waals surface area contributed by atoms with Crippen molar-refractivity contribution in [3.05, 3.63) is 58.1 Å². The van der Waals surface area contributed by atoms with Gasteiger partial charge in [0.1, 0.15) is 5.82 Å². The first-order valence-corrected chi connectivity index (χ1v) is 6.03. The van der Waals surface area contributed by atoms with Crippen LogP contribution >= 0.6 is 15.9 Å². The molecule has 0 aliphatic carbocycles. The van der Waals surface area contributed by atoms with Crippen LogP contribution < -0.4 is 5.32 Å². The first-order chi connectivity index (χ1) is 8.56. The van der Waals surface area contributed by atoms with E-state index in [4.69, 9.17) is 0 Å². The average Bonchev–Trinajstić information content (AvgIpc) is 2.34. The predicted octanol–water partition coefficient (Wildman–Crippen LogP) is 3.54. The fourth-order valence-corrected chi connectivity index (χ4v) is 1.84. The summed E-state index contributed by atoms with van der Waals surface area (Å²) in [6.07, 6.45) is 3.16. The molecule has 0 fully saturated rings. The smallest absolute Gasteiger partial charge is 0.257 e. The van der Waals surface area contributed by atoms with Crippen molar-refractivity contribution in [3.8, 4) is 0 Å². The third kappa shape index (κ3) is 2.92. The van der Waals surface area contributed by atoms with Gasteiger partial charge in [0.05, 0.1) is 10.0 Å². The van der Waals surface area contributed by atoms with Crippen molar-refractivity contribution in [2.24, 2.45) is 0 Å². The standard InChI is InChI=1S/C13H10BrFN2O/c1-8-4-9(7-16-6-8)13(18)17-10-2-3-12(15)11(14)5-10/h2-7H,1H3,(H,17,18). The van der Waals surface area contributed by atoms with Crippen molar-refractivity contribution in [2.75, 3.05) is 5.32 Å². The minimum Gasteiger partial charge on any atom is -0.322 e. The van der Waals surface area contributed by atoms with Gasteiger partial charge in [0, 0.05) is 18.1 Å². The topological polar surface area (TPSA) is 42.0 Å². The lowest BCUT2D eigenvalue weighted by Gasteiger charge is -2.06. The number of benzene rings is 1. The average molecular weight is 309 g/mol. The maximum atomic E-state index is 13.0. The molecule has 0 saturated carbocycles. The Morgan fingerprint density at radius 3 is 2.78 bits per heavy atom. The fourth-order valence-electron chi connectivity index (χ4n) is 1.46. The quantitative estimate of drug-likeness (QED) is 0.922. The molecule has 1 N–H and O–H groups in total. The molecule has 0 aliphatic heterocycles. The van der Waals surface area contributed by atoms with Gasteiger partial charge in [0.2, 0.25) is 0 Å². The van der Waals surface area contributed by atoms with E-state index in [0.29, 0.717) is 15.7 Å². The van der Waals surface area contributed by atoms with Crippen molar-refractivity contribution in [2.45, 2.75) is 6.92 Å². The zero-order valence-corrected chi connectivity index (χ0v) is 11.2. The summed E-state index contributed by atoms with van der Waals surface area (Å²) in [4.78, 5) is 15.9. The van der Waals surface area contributed by atoms with Crippen molar-refractivity contribution in [3.63, 3.8) is 0 Å². The highest BCUT2D eigenvalue weighted by molar-refractivity contribution is 9.10. The van der Waals surface area contributed by atoms with Gasteiger partial charge in [-0.2, -0.15) is 0 Å². The van der Waals surface area contributed by atoms with Crippen LogP contribution in [0.1, 0.15) is 15.9 Å². The summed E-state index contributed by atoms with van der Waals surface area (Å²) in [6.45, 7) is 1.86. The molecule has 92 valence electrons. The van der Waals surface area contributed by atoms with Crippen LogP contribution in [0, 0.1) is 12.7 Å². The number of pyridine rings is 1. The highest BCUT2D eigenvalue weighted by atomic mass is 79.9. The molecule has 0 radical (unpaired) electrons. The summed E-state index contributed by atoms with van der Waals surface area (Å²) >= 11 is 3.07. The first kappa shape index (κ1) is 12.7. The predicted molar refractivity (Wildman–Crippen MR) is 71.0 cm³/mol. The van der Waals surface area contributed by atoms with E-state index in [1.54, 1.807) is 12.3 Å². The van der Waals surface area contributed by atoms with Crippen LogP contribution in [-0.2, 0) is 0 Å². The van der Waals surface area contributed by atoms with Crippen LogP contribution in [0.3, 0.4) is 0 Å². The molecule has 0 unspecified atom stereocenters. The van der Waals surface area contributed by atoms with Crippen LogP contribution in [-0.4, -0.2) is 10.9 Å². The number of anilines is 1. The summed E-state index contributed by atoms with van der Waals surface area (Å²) in [5.74, 6) is -0.644. The van der Waals surface area contributed by atoms with Crippen LogP contribution in [0.25, 0.3) is 0 Å². The van der Waals surface area contributed by atoms with E-state index in [-0.39, 0.29) is 11.7 Å². The van der Waals surface area contributed by atoms with Gasteiger partial charge in [-0.05, 0) is 52.7 Å². The van der Waals surface area contributed by atoms with E-state index in [1.165, 1.54) is 24.4 Å². The SMILES string of the molecule is Cc1cncc(C(=O)Nc2ccc(F)c(Br)c2)c1. The Balaban J connectivity index is 2.18. The maximum Gasteiger partial charge on any atom is 0.257 e. The van der Waals surface area contributed by atoms with E-state index in [1.807, 2.05) is 6.92 Å². The number of hydrogen-bond donors (Lipinski definition) is 1. The van der Waals surface area contributed by atoms with Gasteiger partial charge in [-0.15, -0.1) is 0 Å². The largest absolute Gasteiger partial charge is 0.322 e. The Kier molecular flexibility index (Phi) is 3.72. The molecular weight excluding hydrogens is 299 g/mol. The molecule has 3 nitrogen and oxygen atoms in total. The lowest BCUT2D eigenvalue weighted by atomic mass is 10.2. The van der Waals surface area contributed by atoms with Crippen molar-refractivity contribution < 1.29 is 9.18 Å². The molecule has 1 amide bonds. The molecule has 0 saturated heterocycles. The molecule has 2 aromatic rings. The number of hydrogen-bond acceptors (Lipinski definition) is 2. The zero-order valence-electron chi connectivity index (χ0n) is 9.58. The minimum atomic E-state index is -0.370. The summed E-state index contributed by atoms with van der Waals surface area (Å²) in [5, 5.41) is 2.68. The lowest BCUT2D eigenvalue weighted by molar-refractivity contribution is 0.102. The van der Waals surface area contributed by atoms with Crippen LogP contribution in [0.15, 0.2) is 41.1 Å². The van der Waals surface area contributed by atoms with Gasteiger partial charge in [0.25, 0.3) is 5.91 Å². The van der Waals surface area contributed by atoms with E-state index in [0.717, 1.165) is 5.56 Å². The third-order valence-corrected chi connectivity index (χ3v) is 2.92. The monoisotopic (exact) mass is 308 g/mol. The molecule has 18 heavy (non-hydrogen) atoms. The van der Waals surface area contributed by atoms with Gasteiger partial charge in [-0.25, -0.2) is 4.39 Å². The van der Waals surface area contributed by atoms with E-state index >= 15 is 0 Å². The lowest BCUT2D eigenvalue weighted by Crippen LogP contribution is -2.12. The highest BCUT2D eigenvalue weighted by Gasteiger charge is 2.08. The Hall–Kier alpha value is -1.75. The van der Waals surface area contributed by atoms with Crippen molar-refractivity contribution in [1.82, 2.24) is 4.98 Å². The second kappa shape index (κ2) is 5.27. The van der Waals surface area contributed by atoms with Gasteiger partial charge < -0.3 is 5.32 Å². The number of halogens is 2. The van der Waals surface area contributed by atoms with Crippen molar-refractivity contribution in [1.29, 1.82) is 0 Å². The molecule has 1 aromatic heterocycles. The fraction of sp³-hybridized carbons (Fsp3) is 0.0769. The summed E-state index contributed by atoms with van der Waals surface area (Å²) < 4.78 is 13.4. The van der Waals surface area contributed by atoms with Gasteiger partial charge >= 0.3 is 0 Å². The molecule has 1 aromatic carbocycles. The molecular formula is C13H10BrFN2O. The van der Waals surface area contributed by atoms with Gasteiger partial charge in [0.15, 0.2) is 0 Å². The zero-order chi connectivity index (χ0) is 13.1. The first-order valence-electron chi connectivity index (χ1n) is 5.24.